The summed E-state index contributed by atoms with van der Waals surface area (Å²) in [6.07, 6.45) is 1.59. The standard InChI is InChI=1S/C23H35ClN2O3Si/c1-14-9-20(27)25-26-21(14)16-8-15(2)22(19(24)11-16)28-12-17-10-18(17)13-29-30(6,7)23(3,4)5/h8,11,14,17-18H,9-10,12-13H2,1-7H3,(H,25,27)/t14?,17-,18+/m1/s1. The summed E-state index contributed by atoms with van der Waals surface area (Å²) in [7, 11) is -1.69. The van der Waals surface area contributed by atoms with Crippen molar-refractivity contribution in [3.8, 4) is 5.75 Å². The molecule has 166 valence electrons. The minimum Gasteiger partial charge on any atom is -0.491 e. The van der Waals surface area contributed by atoms with Crippen molar-refractivity contribution in [2.24, 2.45) is 22.9 Å². The van der Waals surface area contributed by atoms with E-state index in [1.807, 2.05) is 26.0 Å². The number of aryl methyl sites for hydroxylation is 1. The molecule has 1 saturated carbocycles. The second kappa shape index (κ2) is 8.64. The Morgan fingerprint density at radius 1 is 1.23 bits per heavy atom. The zero-order chi connectivity index (χ0) is 22.3. The van der Waals surface area contributed by atoms with Gasteiger partial charge in [0.05, 0.1) is 17.3 Å². The van der Waals surface area contributed by atoms with E-state index < -0.39 is 8.32 Å². The molecular weight excluding hydrogens is 416 g/mol. The third kappa shape index (κ3) is 5.27. The molecule has 0 aromatic heterocycles. The molecule has 7 heteroatoms. The third-order valence-corrected chi connectivity index (χ3v) is 11.5. The fourth-order valence-electron chi connectivity index (χ4n) is 3.50. The quantitative estimate of drug-likeness (QED) is 0.554. The van der Waals surface area contributed by atoms with Crippen molar-refractivity contribution in [3.63, 3.8) is 0 Å². The number of halogens is 1. The van der Waals surface area contributed by atoms with Crippen LogP contribution in [-0.2, 0) is 9.22 Å². The Balaban J connectivity index is 1.57. The van der Waals surface area contributed by atoms with Crippen LogP contribution in [0.4, 0.5) is 0 Å². The summed E-state index contributed by atoms with van der Waals surface area (Å²) in [4.78, 5) is 11.5. The van der Waals surface area contributed by atoms with Crippen LogP contribution in [-0.4, -0.2) is 33.2 Å². The van der Waals surface area contributed by atoms with Gasteiger partial charge in [-0.3, -0.25) is 4.79 Å². The van der Waals surface area contributed by atoms with Crippen molar-refractivity contribution >= 4 is 31.5 Å². The van der Waals surface area contributed by atoms with Gasteiger partial charge in [0, 0.05) is 24.5 Å². The van der Waals surface area contributed by atoms with Gasteiger partial charge in [-0.15, -0.1) is 0 Å². The van der Waals surface area contributed by atoms with Crippen LogP contribution in [0.5, 0.6) is 5.75 Å². The maximum atomic E-state index is 11.5. The van der Waals surface area contributed by atoms with Crippen molar-refractivity contribution in [1.82, 2.24) is 5.43 Å². The van der Waals surface area contributed by atoms with E-state index in [0.717, 1.165) is 35.6 Å². The predicted octanol–water partition coefficient (Wildman–Crippen LogP) is 5.55. The molecule has 0 saturated heterocycles. The van der Waals surface area contributed by atoms with Crippen LogP contribution in [0.25, 0.3) is 0 Å². The fraction of sp³-hybridized carbons (Fsp3) is 0.652. The molecule has 0 spiro atoms. The average Bonchev–Trinajstić information content (AvgIpc) is 3.36. The maximum Gasteiger partial charge on any atom is 0.240 e. The van der Waals surface area contributed by atoms with Crippen LogP contribution in [0, 0.1) is 24.7 Å². The topological polar surface area (TPSA) is 59.9 Å². The van der Waals surface area contributed by atoms with E-state index in [1.165, 1.54) is 0 Å². The molecule has 1 aromatic carbocycles. The van der Waals surface area contributed by atoms with Gasteiger partial charge >= 0.3 is 0 Å². The Labute approximate surface area is 186 Å². The molecule has 0 radical (unpaired) electrons. The third-order valence-electron chi connectivity index (χ3n) is 6.76. The molecule has 1 aliphatic heterocycles. The molecule has 1 N–H and O–H groups in total. The van der Waals surface area contributed by atoms with Crippen LogP contribution >= 0.6 is 11.6 Å². The molecule has 1 fully saturated rings. The second-order valence-corrected chi connectivity index (χ2v) is 15.6. The van der Waals surface area contributed by atoms with E-state index in [2.05, 4.69) is 44.4 Å². The second-order valence-electron chi connectivity index (χ2n) is 10.4. The van der Waals surface area contributed by atoms with Crippen LogP contribution < -0.4 is 10.2 Å². The molecule has 1 amide bonds. The lowest BCUT2D eigenvalue weighted by atomic mass is 9.93. The van der Waals surface area contributed by atoms with E-state index >= 15 is 0 Å². The highest BCUT2D eigenvalue weighted by Crippen LogP contribution is 2.43. The summed E-state index contributed by atoms with van der Waals surface area (Å²) in [5.74, 6) is 1.87. The van der Waals surface area contributed by atoms with Gasteiger partial charge in [-0.2, -0.15) is 5.10 Å². The number of nitrogens with one attached hydrogen (secondary N) is 1. The number of hydrogen-bond acceptors (Lipinski definition) is 4. The number of carbonyl (C=O) groups excluding carboxylic acids is 1. The van der Waals surface area contributed by atoms with E-state index in [9.17, 15) is 4.79 Å². The number of nitrogens with zero attached hydrogens (tertiary/aromatic N) is 1. The molecular formula is C23H35ClN2O3Si. The van der Waals surface area contributed by atoms with Crippen LogP contribution in [0.1, 0.15) is 51.7 Å². The average molecular weight is 451 g/mol. The van der Waals surface area contributed by atoms with E-state index in [0.29, 0.717) is 29.9 Å². The number of rotatable bonds is 7. The van der Waals surface area contributed by atoms with Crippen molar-refractivity contribution in [3.05, 3.63) is 28.3 Å². The Bertz CT molecular complexity index is 824. The van der Waals surface area contributed by atoms with Crippen LogP contribution in [0.2, 0.25) is 23.2 Å². The smallest absolute Gasteiger partial charge is 0.240 e. The molecule has 1 unspecified atom stereocenters. The summed E-state index contributed by atoms with van der Waals surface area (Å²) in [6.45, 7) is 16.9. The van der Waals surface area contributed by atoms with Gasteiger partial charge in [-0.1, -0.05) is 39.3 Å². The monoisotopic (exact) mass is 450 g/mol. The lowest BCUT2D eigenvalue weighted by Gasteiger charge is -2.36. The van der Waals surface area contributed by atoms with Gasteiger partial charge in [0.2, 0.25) is 5.91 Å². The summed E-state index contributed by atoms with van der Waals surface area (Å²) >= 11 is 6.56. The molecule has 2 aliphatic rings. The number of ether oxygens (including phenoxy) is 1. The highest BCUT2D eigenvalue weighted by Gasteiger charge is 2.42. The largest absolute Gasteiger partial charge is 0.491 e. The summed E-state index contributed by atoms with van der Waals surface area (Å²) in [6, 6.07) is 3.93. The van der Waals surface area contributed by atoms with Crippen LogP contribution in [0.3, 0.4) is 0 Å². The molecule has 0 bridgehead atoms. The first kappa shape index (κ1) is 23.3. The number of carbonyl (C=O) groups is 1. The van der Waals surface area contributed by atoms with Crippen molar-refractivity contribution < 1.29 is 14.0 Å². The maximum absolute atomic E-state index is 11.5. The SMILES string of the molecule is Cc1cc(C2=NNC(=O)CC2C)cc(Cl)c1OC[C@H]1C[C@H]1CO[Si](C)(C)C(C)(C)C. The molecule has 30 heavy (non-hydrogen) atoms. The highest BCUT2D eigenvalue weighted by atomic mass is 35.5. The van der Waals surface area contributed by atoms with Gasteiger partial charge in [-0.25, -0.2) is 5.43 Å². The summed E-state index contributed by atoms with van der Waals surface area (Å²) < 4.78 is 12.5. The Hall–Kier alpha value is -1.37. The first-order chi connectivity index (χ1) is 13.9. The number of hydrazone groups is 1. The first-order valence-corrected chi connectivity index (χ1v) is 14.1. The zero-order valence-electron chi connectivity index (χ0n) is 19.3. The van der Waals surface area contributed by atoms with Crippen molar-refractivity contribution in [2.75, 3.05) is 13.2 Å². The normalized spacial score (nSPS) is 24.3. The molecule has 1 aliphatic carbocycles. The summed E-state index contributed by atoms with van der Waals surface area (Å²) in [5.41, 5.74) is 5.34. The van der Waals surface area contributed by atoms with Gasteiger partial charge in [0.1, 0.15) is 5.75 Å². The number of benzene rings is 1. The lowest BCUT2D eigenvalue weighted by molar-refractivity contribution is -0.121. The number of amides is 1. The molecule has 3 atom stereocenters. The van der Waals surface area contributed by atoms with Crippen molar-refractivity contribution in [2.45, 2.75) is 65.6 Å². The molecule has 3 rings (SSSR count). The Kier molecular flexibility index (Phi) is 6.70. The zero-order valence-corrected chi connectivity index (χ0v) is 21.0. The summed E-state index contributed by atoms with van der Waals surface area (Å²) in [5, 5.41) is 5.06. The Morgan fingerprint density at radius 3 is 2.50 bits per heavy atom. The minimum atomic E-state index is -1.69. The lowest BCUT2D eigenvalue weighted by Crippen LogP contribution is -2.41. The molecule has 5 nitrogen and oxygen atoms in total. The highest BCUT2D eigenvalue weighted by molar-refractivity contribution is 6.74. The fourth-order valence-corrected chi connectivity index (χ4v) is 4.89. The minimum absolute atomic E-state index is 0.0504. The van der Waals surface area contributed by atoms with Crippen LogP contribution in [0.15, 0.2) is 17.2 Å². The van der Waals surface area contributed by atoms with E-state index in [-0.39, 0.29) is 16.9 Å². The van der Waals surface area contributed by atoms with Gasteiger partial charge in [0.25, 0.3) is 0 Å². The Morgan fingerprint density at radius 2 is 1.90 bits per heavy atom. The predicted molar refractivity (Wildman–Crippen MR) is 125 cm³/mol. The molecule has 1 heterocycles. The number of hydrogen-bond donors (Lipinski definition) is 1. The van der Waals surface area contributed by atoms with E-state index in [4.69, 9.17) is 20.8 Å². The van der Waals surface area contributed by atoms with E-state index in [1.54, 1.807) is 0 Å². The first-order valence-electron chi connectivity index (χ1n) is 10.8. The molecule has 1 aromatic rings. The van der Waals surface area contributed by atoms with Crippen molar-refractivity contribution in [1.29, 1.82) is 0 Å². The van der Waals surface area contributed by atoms with Gasteiger partial charge < -0.3 is 9.16 Å². The van der Waals surface area contributed by atoms with Gasteiger partial charge in [0.15, 0.2) is 8.32 Å². The van der Waals surface area contributed by atoms with Gasteiger partial charge in [-0.05, 0) is 61.0 Å².